The molecule has 0 unspecified atom stereocenters. The molecule has 0 saturated heterocycles. The molecule has 124 valence electrons. The van der Waals surface area contributed by atoms with Crippen LogP contribution in [0.1, 0.15) is 23.2 Å². The van der Waals surface area contributed by atoms with Crippen LogP contribution in [0.4, 0.5) is 4.39 Å². The van der Waals surface area contributed by atoms with Crippen LogP contribution in [0.15, 0.2) is 52.2 Å². The highest BCUT2D eigenvalue weighted by molar-refractivity contribution is 7.99. The Balaban J connectivity index is 1.50. The second-order valence-electron chi connectivity index (χ2n) is 5.22. The third-order valence-electron chi connectivity index (χ3n) is 3.52. The van der Waals surface area contributed by atoms with Gasteiger partial charge in [-0.15, -0.1) is 10.2 Å². The second-order valence-corrected chi connectivity index (χ2v) is 6.29. The van der Waals surface area contributed by atoms with Crippen LogP contribution in [0.2, 0.25) is 0 Å². The Kier molecular flexibility index (Phi) is 5.10. The lowest BCUT2D eigenvalue weighted by molar-refractivity contribution is 0.0982. The van der Waals surface area contributed by atoms with Gasteiger partial charge in [0.1, 0.15) is 5.82 Å². The molecule has 0 amide bonds. The second kappa shape index (κ2) is 7.44. The summed E-state index contributed by atoms with van der Waals surface area (Å²) in [6.45, 7) is 0. The van der Waals surface area contributed by atoms with Gasteiger partial charge in [0.25, 0.3) is 0 Å². The number of hydrogen-bond donors (Lipinski definition) is 0. The Morgan fingerprint density at radius 3 is 2.75 bits per heavy atom. The first-order valence-corrected chi connectivity index (χ1v) is 8.48. The largest absolute Gasteiger partial charge is 0.461 e. The first-order valence-electron chi connectivity index (χ1n) is 7.50. The van der Waals surface area contributed by atoms with Crippen LogP contribution in [0.3, 0.4) is 0 Å². The van der Waals surface area contributed by atoms with Crippen molar-refractivity contribution in [2.45, 2.75) is 18.0 Å². The molecule has 3 rings (SSSR count). The summed E-state index contributed by atoms with van der Waals surface area (Å²) in [5.74, 6) is 1.77. The normalized spacial score (nSPS) is 10.9. The van der Waals surface area contributed by atoms with Gasteiger partial charge < -0.3 is 8.98 Å². The van der Waals surface area contributed by atoms with E-state index in [1.165, 1.54) is 24.3 Å². The molecule has 2 heterocycles. The third kappa shape index (κ3) is 3.73. The number of ketones is 1. The zero-order chi connectivity index (χ0) is 16.9. The van der Waals surface area contributed by atoms with Crippen molar-refractivity contribution in [1.29, 1.82) is 0 Å². The minimum absolute atomic E-state index is 0.0184. The van der Waals surface area contributed by atoms with E-state index in [0.29, 0.717) is 30.0 Å². The molecule has 1 aromatic carbocycles. The highest BCUT2D eigenvalue weighted by Gasteiger charge is 2.13. The lowest BCUT2D eigenvalue weighted by Gasteiger charge is -2.03. The summed E-state index contributed by atoms with van der Waals surface area (Å²) >= 11 is 1.54. The molecule has 0 atom stereocenters. The molecule has 0 aliphatic rings. The molecule has 7 heteroatoms. The number of rotatable bonds is 7. The van der Waals surface area contributed by atoms with Crippen LogP contribution >= 0.6 is 11.8 Å². The van der Waals surface area contributed by atoms with E-state index in [1.54, 1.807) is 24.1 Å². The van der Waals surface area contributed by atoms with Gasteiger partial charge in [0, 0.05) is 24.8 Å². The van der Waals surface area contributed by atoms with Crippen LogP contribution < -0.4 is 0 Å². The molecule has 3 aromatic rings. The highest BCUT2D eigenvalue weighted by atomic mass is 32.2. The average Bonchev–Trinajstić information content (AvgIpc) is 3.22. The Morgan fingerprint density at radius 2 is 2.04 bits per heavy atom. The fraction of sp³-hybridized carbons (Fsp3) is 0.235. The van der Waals surface area contributed by atoms with Gasteiger partial charge in [-0.25, -0.2) is 4.39 Å². The van der Waals surface area contributed by atoms with E-state index in [4.69, 9.17) is 4.42 Å². The van der Waals surface area contributed by atoms with Crippen molar-refractivity contribution in [3.8, 4) is 11.6 Å². The predicted octanol–water partition coefficient (Wildman–Crippen LogP) is 3.97. The summed E-state index contributed by atoms with van der Waals surface area (Å²) in [6, 6.07) is 9.28. The Bertz CT molecular complexity index is 813. The fourth-order valence-electron chi connectivity index (χ4n) is 2.24. The number of carbonyl (C=O) groups excluding carboxylic acids is 1. The number of nitrogens with zero attached hydrogens (tertiary/aromatic N) is 3. The minimum Gasteiger partial charge on any atom is -0.461 e. The molecule has 0 aliphatic carbocycles. The highest BCUT2D eigenvalue weighted by Crippen LogP contribution is 2.23. The lowest BCUT2D eigenvalue weighted by atomic mass is 10.1. The predicted molar refractivity (Wildman–Crippen MR) is 89.4 cm³/mol. The van der Waals surface area contributed by atoms with Crippen molar-refractivity contribution < 1.29 is 13.6 Å². The summed E-state index contributed by atoms with van der Waals surface area (Å²) in [7, 11) is 1.88. The standard InChI is InChI=1S/C17H16FN3O2S/c1-21-16(15-5-2-10-23-15)19-20-17(21)24-11-3-4-14(22)12-6-8-13(18)9-7-12/h2,5-10H,3-4,11H2,1H3. The SMILES string of the molecule is Cn1c(SCCCC(=O)c2ccc(F)cc2)nnc1-c1ccco1. The van der Waals surface area contributed by atoms with Gasteiger partial charge in [0.15, 0.2) is 22.5 Å². The molecule has 5 nitrogen and oxygen atoms in total. The van der Waals surface area contributed by atoms with Crippen LogP contribution in [-0.2, 0) is 7.05 Å². The topological polar surface area (TPSA) is 60.9 Å². The third-order valence-corrected chi connectivity index (χ3v) is 4.63. The first-order chi connectivity index (χ1) is 11.6. The number of thioether (sulfide) groups is 1. The maximum absolute atomic E-state index is 12.8. The minimum atomic E-state index is -0.336. The van der Waals surface area contributed by atoms with Crippen LogP contribution in [0, 0.1) is 5.82 Å². The number of benzene rings is 1. The Labute approximate surface area is 142 Å². The van der Waals surface area contributed by atoms with Crippen molar-refractivity contribution in [3.05, 3.63) is 54.0 Å². The van der Waals surface area contributed by atoms with E-state index >= 15 is 0 Å². The smallest absolute Gasteiger partial charge is 0.200 e. The summed E-state index contributed by atoms with van der Waals surface area (Å²) in [5.41, 5.74) is 0.542. The summed E-state index contributed by atoms with van der Waals surface area (Å²) in [6.07, 6.45) is 2.73. The molecule has 0 fully saturated rings. The summed E-state index contributed by atoms with van der Waals surface area (Å²) in [4.78, 5) is 12.0. The number of carbonyl (C=O) groups is 1. The lowest BCUT2D eigenvalue weighted by Crippen LogP contribution is -2.00. The zero-order valence-corrected chi connectivity index (χ0v) is 13.9. The van der Waals surface area contributed by atoms with Crippen LogP contribution in [-0.4, -0.2) is 26.3 Å². The van der Waals surface area contributed by atoms with E-state index in [2.05, 4.69) is 10.2 Å². The Hall–Kier alpha value is -2.41. The zero-order valence-electron chi connectivity index (χ0n) is 13.1. The molecule has 2 aromatic heterocycles. The molecule has 0 aliphatic heterocycles. The Morgan fingerprint density at radius 1 is 1.25 bits per heavy atom. The van der Waals surface area contributed by atoms with Crippen molar-refractivity contribution >= 4 is 17.5 Å². The fourth-order valence-corrected chi connectivity index (χ4v) is 3.09. The van der Waals surface area contributed by atoms with Gasteiger partial charge in [-0.3, -0.25) is 4.79 Å². The number of halogens is 1. The van der Waals surface area contributed by atoms with Gasteiger partial charge in [-0.1, -0.05) is 11.8 Å². The summed E-state index contributed by atoms with van der Waals surface area (Å²) < 4.78 is 20.0. The van der Waals surface area contributed by atoms with Gasteiger partial charge >= 0.3 is 0 Å². The number of Topliss-reactive ketones (excluding diaryl/α,β-unsaturated/α-hetero) is 1. The maximum atomic E-state index is 12.8. The van der Waals surface area contributed by atoms with Crippen LogP contribution in [0.5, 0.6) is 0 Å². The van der Waals surface area contributed by atoms with Gasteiger partial charge in [-0.2, -0.15) is 0 Å². The van der Waals surface area contributed by atoms with E-state index in [1.807, 2.05) is 17.7 Å². The van der Waals surface area contributed by atoms with E-state index in [0.717, 1.165) is 10.9 Å². The molecular weight excluding hydrogens is 329 g/mol. The number of hydrogen-bond acceptors (Lipinski definition) is 5. The number of aromatic nitrogens is 3. The monoisotopic (exact) mass is 345 g/mol. The molecule has 0 saturated carbocycles. The van der Waals surface area contributed by atoms with E-state index in [9.17, 15) is 9.18 Å². The van der Waals surface area contributed by atoms with Gasteiger partial charge in [0.2, 0.25) is 0 Å². The van der Waals surface area contributed by atoms with Gasteiger partial charge in [-0.05, 0) is 42.8 Å². The quantitative estimate of drug-likeness (QED) is 0.368. The van der Waals surface area contributed by atoms with E-state index < -0.39 is 0 Å². The average molecular weight is 345 g/mol. The van der Waals surface area contributed by atoms with Crippen molar-refractivity contribution in [2.24, 2.45) is 7.05 Å². The first kappa shape index (κ1) is 16.4. The van der Waals surface area contributed by atoms with Crippen molar-refractivity contribution in [1.82, 2.24) is 14.8 Å². The molecular formula is C17H16FN3O2S. The molecule has 0 spiro atoms. The van der Waals surface area contributed by atoms with Gasteiger partial charge in [0.05, 0.1) is 6.26 Å². The summed E-state index contributed by atoms with van der Waals surface area (Å²) in [5, 5.41) is 9.04. The van der Waals surface area contributed by atoms with E-state index in [-0.39, 0.29) is 11.6 Å². The number of furan rings is 1. The molecule has 0 bridgehead atoms. The van der Waals surface area contributed by atoms with Crippen molar-refractivity contribution in [3.63, 3.8) is 0 Å². The molecule has 0 N–H and O–H groups in total. The molecule has 24 heavy (non-hydrogen) atoms. The maximum Gasteiger partial charge on any atom is 0.200 e. The van der Waals surface area contributed by atoms with Crippen molar-refractivity contribution in [2.75, 3.05) is 5.75 Å². The molecule has 0 radical (unpaired) electrons. The van der Waals surface area contributed by atoms with Crippen LogP contribution in [0.25, 0.3) is 11.6 Å².